The van der Waals surface area contributed by atoms with Crippen LogP contribution in [0.15, 0.2) is 52.3 Å². The second kappa shape index (κ2) is 9.82. The van der Waals surface area contributed by atoms with Crippen LogP contribution in [0.1, 0.15) is 23.2 Å². The molecule has 1 amide bonds. The highest BCUT2D eigenvalue weighted by molar-refractivity contribution is 7.89. The first-order valence-corrected chi connectivity index (χ1v) is 12.7. The van der Waals surface area contributed by atoms with E-state index in [2.05, 4.69) is 14.8 Å². The molecule has 3 rings (SSSR count). The number of sulfonamides is 2. The van der Waals surface area contributed by atoms with Crippen molar-refractivity contribution >= 4 is 31.6 Å². The predicted molar refractivity (Wildman–Crippen MR) is 117 cm³/mol. The van der Waals surface area contributed by atoms with Gasteiger partial charge in [0.05, 0.1) is 16.9 Å². The maximum absolute atomic E-state index is 12.6. The molecule has 0 saturated heterocycles. The standard InChI is InChI=1S/C19H22N4O8S2/c1-31-17-8-5-13(11-18(17)33(29,30)22-14-6-7-14)19(24)20-9-10-21-32(27,28)16-4-2-3-15(12-16)23(25)26/h2-5,8,11-12,14,21-22H,6-7,9-10H2,1H3,(H,20,24). The molecule has 2 aromatic carbocycles. The summed E-state index contributed by atoms with van der Waals surface area (Å²) < 4.78 is 59.6. The van der Waals surface area contributed by atoms with Gasteiger partial charge in [-0.2, -0.15) is 0 Å². The van der Waals surface area contributed by atoms with Crippen molar-refractivity contribution in [2.75, 3.05) is 20.2 Å². The molecule has 0 bridgehead atoms. The summed E-state index contributed by atoms with van der Waals surface area (Å²) in [5, 5.41) is 13.3. The molecule has 1 aliphatic rings. The van der Waals surface area contributed by atoms with Crippen molar-refractivity contribution < 1.29 is 31.3 Å². The molecule has 3 N–H and O–H groups in total. The Morgan fingerprint density at radius 3 is 2.45 bits per heavy atom. The number of hydrogen-bond donors (Lipinski definition) is 3. The van der Waals surface area contributed by atoms with Gasteiger partial charge >= 0.3 is 0 Å². The van der Waals surface area contributed by atoms with Crippen LogP contribution in [0.4, 0.5) is 5.69 Å². The Labute approximate surface area is 190 Å². The SMILES string of the molecule is COc1ccc(C(=O)NCCNS(=O)(=O)c2cccc([N+](=O)[O-])c2)cc1S(=O)(=O)NC1CC1. The number of benzene rings is 2. The lowest BCUT2D eigenvalue weighted by atomic mass is 10.2. The number of nitrogens with zero attached hydrogens (tertiary/aromatic N) is 1. The van der Waals surface area contributed by atoms with Crippen molar-refractivity contribution in [2.24, 2.45) is 0 Å². The lowest BCUT2D eigenvalue weighted by Gasteiger charge is -2.12. The van der Waals surface area contributed by atoms with Gasteiger partial charge in [0.15, 0.2) is 0 Å². The molecule has 0 unspecified atom stereocenters. The van der Waals surface area contributed by atoms with Gasteiger partial charge in [0, 0.05) is 36.8 Å². The topological polar surface area (TPSA) is 174 Å². The number of carbonyl (C=O) groups excluding carboxylic acids is 1. The van der Waals surface area contributed by atoms with E-state index in [0.29, 0.717) is 0 Å². The van der Waals surface area contributed by atoms with E-state index in [1.165, 1.54) is 43.5 Å². The molecule has 12 nitrogen and oxygen atoms in total. The number of methoxy groups -OCH3 is 1. The van der Waals surface area contributed by atoms with E-state index in [1.807, 2.05) is 0 Å². The maximum atomic E-state index is 12.6. The van der Waals surface area contributed by atoms with Crippen LogP contribution in [0.25, 0.3) is 0 Å². The number of nitro groups is 1. The number of ether oxygens (including phenoxy) is 1. The summed E-state index contributed by atoms with van der Waals surface area (Å²) in [6, 6.07) is 8.37. The van der Waals surface area contributed by atoms with E-state index in [9.17, 15) is 31.7 Å². The molecule has 0 aliphatic heterocycles. The molecule has 0 radical (unpaired) electrons. The fourth-order valence-corrected chi connectivity index (χ4v) is 5.39. The summed E-state index contributed by atoms with van der Waals surface area (Å²) >= 11 is 0. The van der Waals surface area contributed by atoms with Crippen molar-refractivity contribution in [1.82, 2.24) is 14.8 Å². The summed E-state index contributed by atoms with van der Waals surface area (Å²) in [6.07, 6.45) is 1.49. The first kappa shape index (κ1) is 24.6. The molecule has 0 atom stereocenters. The second-order valence-corrected chi connectivity index (χ2v) is 10.6. The quantitative estimate of drug-likeness (QED) is 0.231. The molecule has 0 heterocycles. The number of nitrogens with one attached hydrogen (secondary N) is 3. The Hall–Kier alpha value is -3.07. The Balaban J connectivity index is 1.62. The maximum Gasteiger partial charge on any atom is 0.270 e. The van der Waals surface area contributed by atoms with Crippen LogP contribution in [0.2, 0.25) is 0 Å². The molecular weight excluding hydrogens is 476 g/mol. The zero-order valence-electron chi connectivity index (χ0n) is 17.5. The van der Waals surface area contributed by atoms with E-state index in [1.54, 1.807) is 0 Å². The van der Waals surface area contributed by atoms with Crippen molar-refractivity contribution in [2.45, 2.75) is 28.7 Å². The largest absolute Gasteiger partial charge is 0.495 e. The van der Waals surface area contributed by atoms with E-state index in [0.717, 1.165) is 18.9 Å². The van der Waals surface area contributed by atoms with Crippen LogP contribution in [-0.2, 0) is 20.0 Å². The van der Waals surface area contributed by atoms with Crippen molar-refractivity contribution in [3.63, 3.8) is 0 Å². The van der Waals surface area contributed by atoms with Gasteiger partial charge < -0.3 is 10.1 Å². The Bertz CT molecular complexity index is 1270. The van der Waals surface area contributed by atoms with E-state index >= 15 is 0 Å². The van der Waals surface area contributed by atoms with Gasteiger partial charge in [0.2, 0.25) is 20.0 Å². The number of non-ortho nitro benzene ring substituents is 1. The first-order valence-electron chi connectivity index (χ1n) is 9.76. The zero-order chi connectivity index (χ0) is 24.2. The first-order chi connectivity index (χ1) is 15.5. The van der Waals surface area contributed by atoms with Gasteiger partial charge in [-0.15, -0.1) is 0 Å². The van der Waals surface area contributed by atoms with E-state index < -0.39 is 30.9 Å². The van der Waals surface area contributed by atoms with Crippen LogP contribution in [0.5, 0.6) is 5.75 Å². The normalized spacial score (nSPS) is 14.0. The van der Waals surface area contributed by atoms with Crippen LogP contribution in [0.3, 0.4) is 0 Å². The third-order valence-corrected chi connectivity index (χ3v) is 7.66. The van der Waals surface area contributed by atoms with E-state index in [4.69, 9.17) is 4.74 Å². The van der Waals surface area contributed by atoms with Crippen molar-refractivity contribution in [3.05, 3.63) is 58.1 Å². The van der Waals surface area contributed by atoms with Gasteiger partial charge in [0.25, 0.3) is 11.6 Å². The number of hydrogen-bond acceptors (Lipinski definition) is 8. The third kappa shape index (κ3) is 6.25. The molecule has 0 aromatic heterocycles. The molecular formula is C19H22N4O8S2. The Morgan fingerprint density at radius 1 is 1.09 bits per heavy atom. The van der Waals surface area contributed by atoms with Crippen LogP contribution >= 0.6 is 0 Å². The minimum Gasteiger partial charge on any atom is -0.495 e. The molecule has 0 spiro atoms. The van der Waals surface area contributed by atoms with Crippen LogP contribution < -0.4 is 19.5 Å². The number of rotatable bonds is 11. The molecule has 1 fully saturated rings. The number of carbonyl (C=O) groups is 1. The lowest BCUT2D eigenvalue weighted by molar-refractivity contribution is -0.385. The minimum atomic E-state index is -4.03. The van der Waals surface area contributed by atoms with Gasteiger partial charge in [-0.05, 0) is 37.1 Å². The lowest BCUT2D eigenvalue weighted by Crippen LogP contribution is -2.35. The van der Waals surface area contributed by atoms with Gasteiger partial charge in [-0.3, -0.25) is 14.9 Å². The number of nitro benzene ring substituents is 1. The highest BCUT2D eigenvalue weighted by Crippen LogP contribution is 2.28. The predicted octanol–water partition coefficient (Wildman–Crippen LogP) is 0.752. The fraction of sp³-hybridized carbons (Fsp3) is 0.316. The van der Waals surface area contributed by atoms with Gasteiger partial charge in [0.1, 0.15) is 10.6 Å². The molecule has 14 heteroatoms. The average Bonchev–Trinajstić information content (AvgIpc) is 3.59. The van der Waals surface area contributed by atoms with E-state index in [-0.39, 0.29) is 45.9 Å². The Morgan fingerprint density at radius 2 is 1.82 bits per heavy atom. The molecule has 1 saturated carbocycles. The molecule has 33 heavy (non-hydrogen) atoms. The number of amides is 1. The Kier molecular flexibility index (Phi) is 7.31. The highest BCUT2D eigenvalue weighted by Gasteiger charge is 2.30. The average molecular weight is 499 g/mol. The summed E-state index contributed by atoms with van der Waals surface area (Å²) in [6.45, 7) is -0.303. The van der Waals surface area contributed by atoms with Crippen LogP contribution in [-0.4, -0.2) is 53.9 Å². The third-order valence-electron chi connectivity index (χ3n) is 4.66. The summed E-state index contributed by atoms with van der Waals surface area (Å²) in [5.41, 5.74) is -0.318. The monoisotopic (exact) mass is 498 g/mol. The molecule has 1 aliphatic carbocycles. The van der Waals surface area contributed by atoms with Crippen molar-refractivity contribution in [1.29, 1.82) is 0 Å². The highest BCUT2D eigenvalue weighted by atomic mass is 32.2. The molecule has 178 valence electrons. The zero-order valence-corrected chi connectivity index (χ0v) is 19.1. The smallest absolute Gasteiger partial charge is 0.270 e. The summed E-state index contributed by atoms with van der Waals surface area (Å²) in [7, 11) is -6.59. The van der Waals surface area contributed by atoms with Crippen molar-refractivity contribution in [3.8, 4) is 5.75 Å². The summed E-state index contributed by atoms with van der Waals surface area (Å²) in [4.78, 5) is 22.1. The fourth-order valence-electron chi connectivity index (χ4n) is 2.82. The molecule has 2 aromatic rings. The van der Waals surface area contributed by atoms with Gasteiger partial charge in [-0.1, -0.05) is 6.07 Å². The second-order valence-electron chi connectivity index (χ2n) is 7.17. The van der Waals surface area contributed by atoms with Crippen LogP contribution in [0, 0.1) is 10.1 Å². The minimum absolute atomic E-state index is 0.0495. The van der Waals surface area contributed by atoms with Gasteiger partial charge in [-0.25, -0.2) is 26.3 Å². The summed E-state index contributed by atoms with van der Waals surface area (Å²) in [5.74, 6) is -0.528.